The summed E-state index contributed by atoms with van der Waals surface area (Å²) in [4.78, 5) is 12.7. The van der Waals surface area contributed by atoms with Gasteiger partial charge in [0.05, 0.1) is 18.2 Å². The van der Waals surface area contributed by atoms with E-state index in [1.807, 2.05) is 18.2 Å². The minimum atomic E-state index is -3.78. The molecule has 29 heavy (non-hydrogen) atoms. The van der Waals surface area contributed by atoms with Crippen molar-refractivity contribution in [2.45, 2.75) is 23.2 Å². The van der Waals surface area contributed by atoms with Crippen LogP contribution < -0.4 is 5.32 Å². The van der Waals surface area contributed by atoms with Crippen LogP contribution >= 0.6 is 11.6 Å². The maximum Gasteiger partial charge on any atom is 0.251 e. The van der Waals surface area contributed by atoms with Gasteiger partial charge in [-0.1, -0.05) is 41.9 Å². The summed E-state index contributed by atoms with van der Waals surface area (Å²) >= 11 is 6.18. The number of nitrogens with one attached hydrogen (secondary N) is 1. The van der Waals surface area contributed by atoms with Crippen LogP contribution in [0, 0.1) is 0 Å². The monoisotopic (exact) mass is 434 g/mol. The third-order valence-electron chi connectivity index (χ3n) is 5.61. The number of hydrogen-bond acceptors (Lipinski definition) is 4. The van der Waals surface area contributed by atoms with Crippen LogP contribution in [0.15, 0.2) is 53.4 Å². The number of hydrogen-bond donors (Lipinski definition) is 1. The van der Waals surface area contributed by atoms with E-state index >= 15 is 0 Å². The van der Waals surface area contributed by atoms with E-state index in [1.165, 1.54) is 22.0 Å². The van der Waals surface area contributed by atoms with Crippen LogP contribution in [0.1, 0.15) is 28.8 Å². The van der Waals surface area contributed by atoms with Crippen LogP contribution in [0.3, 0.4) is 0 Å². The van der Waals surface area contributed by atoms with Crippen molar-refractivity contribution in [1.29, 1.82) is 0 Å². The Kier molecular flexibility index (Phi) is 5.66. The van der Waals surface area contributed by atoms with Gasteiger partial charge in [-0.2, -0.15) is 4.31 Å². The molecule has 1 aliphatic heterocycles. The van der Waals surface area contributed by atoms with E-state index in [4.69, 9.17) is 16.3 Å². The number of ether oxygens (including phenoxy) is 1. The summed E-state index contributed by atoms with van der Waals surface area (Å²) in [7, 11) is -3.78. The van der Waals surface area contributed by atoms with Crippen LogP contribution in [0.25, 0.3) is 0 Å². The summed E-state index contributed by atoms with van der Waals surface area (Å²) in [5.41, 5.74) is 1.48. The number of amides is 1. The fourth-order valence-corrected chi connectivity index (χ4v) is 5.54. The van der Waals surface area contributed by atoms with Crippen LogP contribution in [0.2, 0.25) is 5.02 Å². The Labute approximate surface area is 175 Å². The van der Waals surface area contributed by atoms with Crippen molar-refractivity contribution in [3.8, 4) is 0 Å². The average Bonchev–Trinajstić information content (AvgIpc) is 3.55. The smallest absolute Gasteiger partial charge is 0.251 e. The third kappa shape index (κ3) is 4.19. The summed E-state index contributed by atoms with van der Waals surface area (Å²) in [6.07, 6.45) is 2.04. The number of sulfonamides is 1. The molecule has 1 N–H and O–H groups in total. The SMILES string of the molecule is O=C(NCC1(c2ccccc2)CC1)c1ccc(Cl)c(S(=O)(=O)N2CCOCC2)c1. The maximum atomic E-state index is 12.9. The van der Waals surface area contributed by atoms with Gasteiger partial charge in [0.15, 0.2) is 0 Å². The third-order valence-corrected chi connectivity index (χ3v) is 7.99. The van der Waals surface area contributed by atoms with Gasteiger partial charge in [-0.25, -0.2) is 8.42 Å². The van der Waals surface area contributed by atoms with E-state index in [0.717, 1.165) is 12.8 Å². The minimum Gasteiger partial charge on any atom is -0.379 e. The van der Waals surface area contributed by atoms with Crippen molar-refractivity contribution < 1.29 is 17.9 Å². The molecule has 0 aromatic heterocycles. The lowest BCUT2D eigenvalue weighted by Gasteiger charge is -2.26. The van der Waals surface area contributed by atoms with E-state index in [1.54, 1.807) is 6.07 Å². The van der Waals surface area contributed by atoms with Crippen LogP contribution in [0.5, 0.6) is 0 Å². The largest absolute Gasteiger partial charge is 0.379 e. The highest BCUT2D eigenvalue weighted by Crippen LogP contribution is 2.47. The lowest BCUT2D eigenvalue weighted by atomic mass is 9.96. The zero-order valence-electron chi connectivity index (χ0n) is 15.9. The summed E-state index contributed by atoms with van der Waals surface area (Å²) in [5, 5.41) is 3.07. The molecule has 6 nitrogen and oxygen atoms in total. The highest BCUT2D eigenvalue weighted by Gasteiger charge is 2.44. The zero-order chi connectivity index (χ0) is 20.5. The molecular formula is C21H23ClN2O4S. The number of morpholine rings is 1. The van der Waals surface area contributed by atoms with Crippen molar-refractivity contribution >= 4 is 27.5 Å². The molecule has 2 fully saturated rings. The summed E-state index contributed by atoms with van der Waals surface area (Å²) in [6, 6.07) is 14.5. The first-order chi connectivity index (χ1) is 13.9. The second kappa shape index (κ2) is 8.07. The summed E-state index contributed by atoms with van der Waals surface area (Å²) in [6.45, 7) is 1.75. The lowest BCUT2D eigenvalue weighted by Crippen LogP contribution is -2.40. The lowest BCUT2D eigenvalue weighted by molar-refractivity contribution is 0.0730. The van der Waals surface area contributed by atoms with E-state index < -0.39 is 10.0 Å². The first kappa shape index (κ1) is 20.3. The zero-order valence-corrected chi connectivity index (χ0v) is 17.5. The molecule has 1 amide bonds. The Morgan fingerprint density at radius 3 is 2.45 bits per heavy atom. The molecule has 2 aliphatic rings. The molecule has 1 aliphatic carbocycles. The van der Waals surface area contributed by atoms with Crippen molar-refractivity contribution in [3.63, 3.8) is 0 Å². The Morgan fingerprint density at radius 2 is 1.79 bits per heavy atom. The molecule has 0 radical (unpaired) electrons. The molecule has 4 rings (SSSR count). The van der Waals surface area contributed by atoms with Crippen LogP contribution in [0.4, 0.5) is 0 Å². The van der Waals surface area contributed by atoms with Gasteiger partial charge in [0.1, 0.15) is 4.90 Å². The second-order valence-electron chi connectivity index (χ2n) is 7.49. The Morgan fingerprint density at radius 1 is 1.10 bits per heavy atom. The van der Waals surface area contributed by atoms with Gasteiger partial charge in [-0.15, -0.1) is 0 Å². The van der Waals surface area contributed by atoms with Crippen molar-refractivity contribution in [2.24, 2.45) is 0 Å². The van der Waals surface area contributed by atoms with Crippen molar-refractivity contribution in [2.75, 3.05) is 32.8 Å². The molecule has 0 bridgehead atoms. The van der Waals surface area contributed by atoms with Gasteiger partial charge < -0.3 is 10.1 Å². The molecule has 1 saturated carbocycles. The number of rotatable bonds is 6. The highest BCUT2D eigenvalue weighted by molar-refractivity contribution is 7.89. The van der Waals surface area contributed by atoms with Gasteiger partial charge in [-0.3, -0.25) is 4.79 Å². The van der Waals surface area contributed by atoms with Crippen molar-refractivity contribution in [3.05, 3.63) is 64.7 Å². The Bertz CT molecular complexity index is 1000. The number of nitrogens with zero attached hydrogens (tertiary/aromatic N) is 1. The molecule has 8 heteroatoms. The number of carbonyl (C=O) groups is 1. The fourth-order valence-electron chi connectivity index (χ4n) is 3.63. The Hall–Kier alpha value is -1.93. The van der Waals surface area contributed by atoms with Crippen LogP contribution in [-0.4, -0.2) is 51.5 Å². The fraction of sp³-hybridized carbons (Fsp3) is 0.381. The van der Waals surface area contributed by atoms with Gasteiger partial charge in [-0.05, 0) is 36.6 Å². The molecule has 0 spiro atoms. The molecule has 2 aromatic carbocycles. The second-order valence-corrected chi connectivity index (χ2v) is 9.80. The van der Waals surface area contributed by atoms with Crippen LogP contribution in [-0.2, 0) is 20.2 Å². The molecule has 1 heterocycles. The molecular weight excluding hydrogens is 412 g/mol. The predicted octanol–water partition coefficient (Wildman–Crippen LogP) is 2.82. The number of benzene rings is 2. The normalized spacial score (nSPS) is 18.9. The van der Waals surface area contributed by atoms with E-state index in [9.17, 15) is 13.2 Å². The molecule has 0 unspecified atom stereocenters. The predicted molar refractivity (Wildman–Crippen MR) is 111 cm³/mol. The van der Waals surface area contributed by atoms with Gasteiger partial charge >= 0.3 is 0 Å². The van der Waals surface area contributed by atoms with Gasteiger partial charge in [0.2, 0.25) is 10.0 Å². The molecule has 2 aromatic rings. The highest BCUT2D eigenvalue weighted by atomic mass is 35.5. The van der Waals surface area contributed by atoms with Gasteiger partial charge in [0.25, 0.3) is 5.91 Å². The molecule has 154 valence electrons. The van der Waals surface area contributed by atoms with E-state index in [2.05, 4.69) is 17.4 Å². The minimum absolute atomic E-state index is 0.0218. The van der Waals surface area contributed by atoms with E-state index in [0.29, 0.717) is 19.8 Å². The first-order valence-corrected chi connectivity index (χ1v) is 11.5. The molecule has 0 atom stereocenters. The topological polar surface area (TPSA) is 75.7 Å². The quantitative estimate of drug-likeness (QED) is 0.758. The van der Waals surface area contributed by atoms with Gasteiger partial charge in [0, 0.05) is 30.6 Å². The summed E-state index contributed by atoms with van der Waals surface area (Å²) < 4.78 is 32.5. The number of halogens is 1. The maximum absolute atomic E-state index is 12.9. The van der Waals surface area contributed by atoms with E-state index in [-0.39, 0.29) is 39.9 Å². The van der Waals surface area contributed by atoms with Crippen molar-refractivity contribution in [1.82, 2.24) is 9.62 Å². The Balaban J connectivity index is 1.50. The number of carbonyl (C=O) groups excluding carboxylic acids is 1. The standard InChI is InChI=1S/C21H23ClN2O4S/c22-18-7-6-16(14-19(18)29(26,27)24-10-12-28-13-11-24)20(25)23-15-21(8-9-21)17-4-2-1-3-5-17/h1-7,14H,8-13,15H2,(H,23,25). The molecule has 1 saturated heterocycles. The average molecular weight is 435 g/mol. The summed E-state index contributed by atoms with van der Waals surface area (Å²) in [5.74, 6) is -0.303. The first-order valence-electron chi connectivity index (χ1n) is 9.64.